The summed E-state index contributed by atoms with van der Waals surface area (Å²) < 4.78 is 35.2. The van der Waals surface area contributed by atoms with Gasteiger partial charge in [-0.3, -0.25) is 0 Å². The Morgan fingerprint density at radius 3 is 2.74 bits per heavy atom. The first-order valence-electron chi connectivity index (χ1n) is 7.82. The second-order valence-corrected chi connectivity index (χ2v) is 7.98. The highest BCUT2D eigenvalue weighted by Gasteiger charge is 2.30. The minimum atomic E-state index is -3.65. The molecular formula is C15H22N4O3S. The summed E-state index contributed by atoms with van der Waals surface area (Å²) in [6.07, 6.45) is 1.58. The summed E-state index contributed by atoms with van der Waals surface area (Å²) in [4.78, 5) is 4.73. The third kappa shape index (κ3) is 3.05. The molecule has 1 aliphatic heterocycles. The summed E-state index contributed by atoms with van der Waals surface area (Å²) in [5.74, 6) is 2.64. The van der Waals surface area contributed by atoms with Crippen LogP contribution in [0.4, 0.5) is 0 Å². The lowest BCUT2D eigenvalue weighted by atomic mass is 10.1. The third-order valence-corrected chi connectivity index (χ3v) is 5.57. The lowest BCUT2D eigenvalue weighted by molar-refractivity contribution is 0.399. The Labute approximate surface area is 136 Å². The highest BCUT2D eigenvalue weighted by molar-refractivity contribution is 7.89. The third-order valence-electron chi connectivity index (χ3n) is 3.99. The molecule has 0 aromatic carbocycles. The van der Waals surface area contributed by atoms with Crippen molar-refractivity contribution in [1.82, 2.24) is 19.5 Å². The van der Waals surface area contributed by atoms with Crippen molar-refractivity contribution in [2.45, 2.75) is 63.9 Å². The smallest absolute Gasteiger partial charge is 0.244 e. The zero-order chi connectivity index (χ0) is 16.8. The van der Waals surface area contributed by atoms with Crippen LogP contribution in [0.15, 0.2) is 15.4 Å². The van der Waals surface area contributed by atoms with E-state index in [0.29, 0.717) is 23.8 Å². The second kappa shape index (κ2) is 5.76. The van der Waals surface area contributed by atoms with Gasteiger partial charge in [-0.2, -0.15) is 5.10 Å². The van der Waals surface area contributed by atoms with E-state index in [0.717, 1.165) is 18.8 Å². The van der Waals surface area contributed by atoms with E-state index in [1.54, 1.807) is 19.9 Å². The molecule has 0 saturated heterocycles. The van der Waals surface area contributed by atoms with Gasteiger partial charge in [-0.25, -0.2) is 22.8 Å². The van der Waals surface area contributed by atoms with Crippen molar-refractivity contribution < 1.29 is 12.8 Å². The summed E-state index contributed by atoms with van der Waals surface area (Å²) in [6.45, 7) is 8.22. The van der Waals surface area contributed by atoms with E-state index >= 15 is 0 Å². The molecule has 2 aromatic heterocycles. The Morgan fingerprint density at radius 1 is 1.39 bits per heavy atom. The largest absolute Gasteiger partial charge is 0.465 e. The average molecular weight is 338 g/mol. The van der Waals surface area contributed by atoms with Gasteiger partial charge in [0.15, 0.2) is 5.82 Å². The molecule has 0 radical (unpaired) electrons. The Kier molecular flexibility index (Phi) is 4.05. The van der Waals surface area contributed by atoms with Gasteiger partial charge < -0.3 is 4.42 Å². The number of nitrogens with zero attached hydrogens (tertiary/aromatic N) is 3. The van der Waals surface area contributed by atoms with Gasteiger partial charge in [0.2, 0.25) is 10.0 Å². The minimum absolute atomic E-state index is 0.190. The number of rotatable bonds is 4. The van der Waals surface area contributed by atoms with E-state index in [9.17, 15) is 8.42 Å². The lowest BCUT2D eigenvalue weighted by Crippen LogP contribution is -2.33. The Balaban J connectivity index is 1.91. The minimum Gasteiger partial charge on any atom is -0.465 e. The Morgan fingerprint density at radius 2 is 2.13 bits per heavy atom. The molecule has 0 amide bonds. The van der Waals surface area contributed by atoms with Crippen molar-refractivity contribution >= 4 is 10.0 Å². The maximum absolute atomic E-state index is 12.7. The molecule has 7 nitrogen and oxygen atoms in total. The molecule has 0 bridgehead atoms. The van der Waals surface area contributed by atoms with Crippen LogP contribution in [0, 0.1) is 13.8 Å². The quantitative estimate of drug-likeness (QED) is 0.924. The van der Waals surface area contributed by atoms with E-state index in [2.05, 4.69) is 14.8 Å². The molecule has 3 heterocycles. The van der Waals surface area contributed by atoms with Gasteiger partial charge in [0.05, 0.1) is 6.04 Å². The number of furan rings is 1. The molecule has 23 heavy (non-hydrogen) atoms. The molecule has 1 N–H and O–H groups in total. The summed E-state index contributed by atoms with van der Waals surface area (Å²) in [6, 6.07) is 1.19. The number of aryl methyl sites for hydroxylation is 3. The zero-order valence-corrected chi connectivity index (χ0v) is 14.6. The summed E-state index contributed by atoms with van der Waals surface area (Å²) in [5, 5.41) is 4.48. The van der Waals surface area contributed by atoms with Gasteiger partial charge in [0.25, 0.3) is 0 Å². The summed E-state index contributed by atoms with van der Waals surface area (Å²) >= 11 is 0. The van der Waals surface area contributed by atoms with Crippen LogP contribution >= 0.6 is 0 Å². The van der Waals surface area contributed by atoms with Gasteiger partial charge in [-0.05, 0) is 32.8 Å². The fraction of sp³-hybridized carbons (Fsp3) is 0.600. The molecule has 0 unspecified atom stereocenters. The zero-order valence-electron chi connectivity index (χ0n) is 13.8. The monoisotopic (exact) mass is 338 g/mol. The molecule has 0 aliphatic carbocycles. The number of nitrogens with one attached hydrogen (secondary N) is 1. The van der Waals surface area contributed by atoms with Crippen LogP contribution in [0.25, 0.3) is 0 Å². The predicted molar refractivity (Wildman–Crippen MR) is 84.6 cm³/mol. The highest BCUT2D eigenvalue weighted by Crippen LogP contribution is 2.28. The van der Waals surface area contributed by atoms with Gasteiger partial charge in [0, 0.05) is 12.5 Å². The van der Waals surface area contributed by atoms with Crippen molar-refractivity contribution in [2.75, 3.05) is 0 Å². The summed E-state index contributed by atoms with van der Waals surface area (Å²) in [7, 11) is -3.65. The first-order chi connectivity index (χ1) is 10.8. The fourth-order valence-electron chi connectivity index (χ4n) is 2.85. The molecule has 2 aromatic rings. The average Bonchev–Trinajstić information content (AvgIpc) is 3.02. The highest BCUT2D eigenvalue weighted by atomic mass is 32.2. The molecule has 0 spiro atoms. The summed E-state index contributed by atoms with van der Waals surface area (Å²) in [5.41, 5.74) is 0. The van der Waals surface area contributed by atoms with E-state index in [1.807, 2.05) is 18.5 Å². The maximum Gasteiger partial charge on any atom is 0.244 e. The van der Waals surface area contributed by atoms with Crippen LogP contribution in [0.3, 0.4) is 0 Å². The van der Waals surface area contributed by atoms with Gasteiger partial charge in [-0.1, -0.05) is 13.8 Å². The standard InChI is InChI=1S/C15H22N4O3S/c1-9(2)14-16-15-12(6-5-7-19(15)17-14)18-23(20,21)13-8-10(3)22-11(13)4/h8-9,12,18H,5-7H2,1-4H3/t12-/m1/s1. The lowest BCUT2D eigenvalue weighted by Gasteiger charge is -2.22. The first kappa shape index (κ1) is 16.2. The van der Waals surface area contributed by atoms with Gasteiger partial charge in [0.1, 0.15) is 22.2 Å². The van der Waals surface area contributed by atoms with Crippen molar-refractivity contribution in [2.24, 2.45) is 0 Å². The maximum atomic E-state index is 12.7. The number of hydrogen-bond donors (Lipinski definition) is 1. The van der Waals surface area contributed by atoms with Crippen LogP contribution in [0.1, 0.15) is 61.8 Å². The number of hydrogen-bond acceptors (Lipinski definition) is 5. The first-order valence-corrected chi connectivity index (χ1v) is 9.30. The Hall–Kier alpha value is -1.67. The van der Waals surface area contributed by atoms with Crippen molar-refractivity contribution in [3.05, 3.63) is 29.2 Å². The van der Waals surface area contributed by atoms with E-state index in [1.165, 1.54) is 0 Å². The number of sulfonamides is 1. The van der Waals surface area contributed by atoms with Gasteiger partial charge >= 0.3 is 0 Å². The van der Waals surface area contributed by atoms with E-state index < -0.39 is 10.0 Å². The van der Waals surface area contributed by atoms with Crippen molar-refractivity contribution in [3.8, 4) is 0 Å². The molecule has 1 atom stereocenters. The van der Waals surface area contributed by atoms with Crippen LogP contribution in [0.5, 0.6) is 0 Å². The van der Waals surface area contributed by atoms with Crippen LogP contribution < -0.4 is 4.72 Å². The Bertz CT molecular complexity index is 820. The molecular weight excluding hydrogens is 316 g/mol. The number of fused-ring (bicyclic) bond motifs is 1. The second-order valence-electron chi connectivity index (χ2n) is 6.30. The number of aromatic nitrogens is 3. The molecule has 8 heteroatoms. The SMILES string of the molecule is Cc1cc(S(=O)(=O)N[C@@H]2CCCn3nc(C(C)C)nc32)c(C)o1. The predicted octanol–water partition coefficient (Wildman–Crippen LogP) is 2.42. The topological polar surface area (TPSA) is 90.0 Å². The van der Waals surface area contributed by atoms with Gasteiger partial charge in [-0.15, -0.1) is 0 Å². The van der Waals surface area contributed by atoms with Crippen molar-refractivity contribution in [3.63, 3.8) is 0 Å². The van der Waals surface area contributed by atoms with Crippen LogP contribution in [-0.2, 0) is 16.6 Å². The van der Waals surface area contributed by atoms with E-state index in [4.69, 9.17) is 4.42 Å². The van der Waals surface area contributed by atoms with Crippen LogP contribution in [0.2, 0.25) is 0 Å². The van der Waals surface area contributed by atoms with E-state index in [-0.39, 0.29) is 16.9 Å². The molecule has 1 aliphatic rings. The van der Waals surface area contributed by atoms with Crippen molar-refractivity contribution in [1.29, 1.82) is 0 Å². The molecule has 3 rings (SSSR count). The molecule has 0 saturated carbocycles. The van der Waals surface area contributed by atoms with Crippen LogP contribution in [-0.4, -0.2) is 23.2 Å². The molecule has 0 fully saturated rings. The fourth-order valence-corrected chi connectivity index (χ4v) is 4.32. The molecule has 126 valence electrons. The normalized spacial score (nSPS) is 18.4.